The Balaban J connectivity index is 2.11. The number of aromatic nitrogens is 2. The Labute approximate surface area is 75.2 Å². The van der Waals surface area contributed by atoms with E-state index in [-0.39, 0.29) is 0 Å². The van der Waals surface area contributed by atoms with Crippen LogP contribution in [0.25, 0.3) is 0 Å². The maximum Gasteiger partial charge on any atom is 0.152 e. The molecule has 0 bridgehead atoms. The van der Waals surface area contributed by atoms with Gasteiger partial charge in [-0.3, -0.25) is 0 Å². The van der Waals surface area contributed by atoms with Gasteiger partial charge in [0.2, 0.25) is 0 Å². The number of aliphatic hydroxyl groups is 2. The molecule has 2 atom stereocenters. The molecule has 0 saturated carbocycles. The summed E-state index contributed by atoms with van der Waals surface area (Å²) in [6.07, 6.45) is 0.234. The van der Waals surface area contributed by atoms with E-state index < -0.39 is 12.2 Å². The summed E-state index contributed by atoms with van der Waals surface area (Å²) in [6.45, 7) is 0.802. The highest BCUT2D eigenvalue weighted by molar-refractivity contribution is 5.39. The van der Waals surface area contributed by atoms with Crippen molar-refractivity contribution in [2.45, 2.75) is 12.2 Å². The normalized spacial score (nSPS) is 28.3. The zero-order valence-electron chi connectivity index (χ0n) is 7.04. The van der Waals surface area contributed by atoms with E-state index in [2.05, 4.69) is 5.10 Å². The van der Waals surface area contributed by atoms with Gasteiger partial charge in [-0.25, -0.2) is 0 Å². The summed E-state index contributed by atoms with van der Waals surface area (Å²) in [6, 6.07) is 1.74. The number of hydrogen-bond acceptors (Lipinski definition) is 5. The van der Waals surface area contributed by atoms with Gasteiger partial charge in [0.1, 0.15) is 0 Å². The van der Waals surface area contributed by atoms with Gasteiger partial charge in [0, 0.05) is 19.2 Å². The molecule has 0 unspecified atom stereocenters. The minimum atomic E-state index is -0.692. The molecule has 1 fully saturated rings. The third-order valence-electron chi connectivity index (χ3n) is 2.18. The molecule has 6 nitrogen and oxygen atoms in total. The predicted octanol–water partition coefficient (Wildman–Crippen LogP) is -1.86. The van der Waals surface area contributed by atoms with E-state index in [4.69, 9.17) is 5.84 Å². The zero-order valence-corrected chi connectivity index (χ0v) is 7.04. The molecule has 4 N–H and O–H groups in total. The van der Waals surface area contributed by atoms with Crippen molar-refractivity contribution < 1.29 is 10.2 Å². The third-order valence-corrected chi connectivity index (χ3v) is 2.18. The lowest BCUT2D eigenvalue weighted by Gasteiger charge is -2.12. The first-order valence-electron chi connectivity index (χ1n) is 4.08. The fourth-order valence-corrected chi connectivity index (χ4v) is 1.45. The SMILES string of the molecule is Nn1ccc(N2C[C@@H](O)[C@@H](O)C2)n1. The van der Waals surface area contributed by atoms with Gasteiger partial charge in [-0.05, 0) is 0 Å². The molecule has 0 aromatic carbocycles. The second-order valence-electron chi connectivity index (χ2n) is 3.19. The highest BCUT2D eigenvalue weighted by atomic mass is 16.3. The minimum absolute atomic E-state index is 0.401. The molecular formula is C7H12N4O2. The highest BCUT2D eigenvalue weighted by Crippen LogP contribution is 2.17. The summed E-state index contributed by atoms with van der Waals surface area (Å²) >= 11 is 0. The van der Waals surface area contributed by atoms with Crippen molar-refractivity contribution in [1.29, 1.82) is 0 Å². The Morgan fingerprint density at radius 2 is 2.00 bits per heavy atom. The van der Waals surface area contributed by atoms with Crippen LogP contribution in [0.3, 0.4) is 0 Å². The highest BCUT2D eigenvalue weighted by Gasteiger charge is 2.30. The van der Waals surface area contributed by atoms with Crippen molar-refractivity contribution in [3.05, 3.63) is 12.3 Å². The van der Waals surface area contributed by atoms with E-state index in [1.807, 2.05) is 0 Å². The van der Waals surface area contributed by atoms with Crippen molar-refractivity contribution in [1.82, 2.24) is 9.89 Å². The van der Waals surface area contributed by atoms with Crippen LogP contribution < -0.4 is 10.7 Å². The summed E-state index contributed by atoms with van der Waals surface area (Å²) in [4.78, 5) is 2.99. The van der Waals surface area contributed by atoms with E-state index in [1.54, 1.807) is 17.2 Å². The van der Waals surface area contributed by atoms with Crippen LogP contribution >= 0.6 is 0 Å². The molecule has 1 saturated heterocycles. The zero-order chi connectivity index (χ0) is 9.42. The second kappa shape index (κ2) is 2.90. The van der Waals surface area contributed by atoms with Crippen LogP contribution in [0, 0.1) is 0 Å². The molecule has 2 heterocycles. The van der Waals surface area contributed by atoms with Gasteiger partial charge in [-0.1, -0.05) is 0 Å². The average Bonchev–Trinajstić information content (AvgIpc) is 2.61. The van der Waals surface area contributed by atoms with E-state index in [0.29, 0.717) is 18.9 Å². The van der Waals surface area contributed by atoms with Crippen LogP contribution in [0.2, 0.25) is 0 Å². The van der Waals surface area contributed by atoms with Crippen LogP contribution in [0.4, 0.5) is 5.82 Å². The molecule has 1 aromatic rings. The largest absolute Gasteiger partial charge is 0.389 e. The molecule has 72 valence electrons. The number of aliphatic hydroxyl groups excluding tert-OH is 2. The van der Waals surface area contributed by atoms with Gasteiger partial charge >= 0.3 is 0 Å². The van der Waals surface area contributed by atoms with Crippen molar-refractivity contribution in [3.8, 4) is 0 Å². The first-order chi connectivity index (χ1) is 6.16. The summed E-state index contributed by atoms with van der Waals surface area (Å²) in [5.41, 5.74) is 0. The van der Waals surface area contributed by atoms with E-state index >= 15 is 0 Å². The second-order valence-corrected chi connectivity index (χ2v) is 3.19. The maximum absolute atomic E-state index is 9.28. The first-order valence-corrected chi connectivity index (χ1v) is 4.08. The fourth-order valence-electron chi connectivity index (χ4n) is 1.45. The quantitative estimate of drug-likeness (QED) is 0.445. The molecule has 0 aliphatic carbocycles. The predicted molar refractivity (Wildman–Crippen MR) is 46.6 cm³/mol. The number of nitrogens with two attached hydrogens (primary N) is 1. The van der Waals surface area contributed by atoms with Crippen molar-refractivity contribution in [3.63, 3.8) is 0 Å². The molecular weight excluding hydrogens is 172 g/mol. The van der Waals surface area contributed by atoms with Gasteiger partial charge in [0.15, 0.2) is 5.82 Å². The molecule has 0 spiro atoms. The number of hydrogen-bond donors (Lipinski definition) is 3. The summed E-state index contributed by atoms with van der Waals surface area (Å²) in [5, 5.41) is 22.5. The van der Waals surface area contributed by atoms with Crippen molar-refractivity contribution in [2.24, 2.45) is 0 Å². The summed E-state index contributed by atoms with van der Waals surface area (Å²) in [7, 11) is 0. The standard InChI is InChI=1S/C7H12N4O2/c8-11-2-1-7(9-11)10-3-5(12)6(13)4-10/h1-2,5-6,12-13H,3-4,8H2/t5-,6+. The number of anilines is 1. The molecule has 1 aliphatic rings. The lowest BCUT2D eigenvalue weighted by molar-refractivity contribution is 0.0572. The van der Waals surface area contributed by atoms with Crippen LogP contribution in [0.15, 0.2) is 12.3 Å². The van der Waals surface area contributed by atoms with Crippen LogP contribution in [0.5, 0.6) is 0 Å². The number of rotatable bonds is 1. The van der Waals surface area contributed by atoms with Gasteiger partial charge < -0.3 is 21.0 Å². The van der Waals surface area contributed by atoms with E-state index in [1.165, 1.54) is 4.79 Å². The molecule has 0 radical (unpaired) electrons. The average molecular weight is 184 g/mol. The van der Waals surface area contributed by atoms with E-state index in [9.17, 15) is 10.2 Å². The van der Waals surface area contributed by atoms with Crippen molar-refractivity contribution in [2.75, 3.05) is 23.8 Å². The summed E-state index contributed by atoms with van der Waals surface area (Å²) in [5.74, 6) is 6.05. The molecule has 0 amide bonds. The summed E-state index contributed by atoms with van der Waals surface area (Å²) < 4.78 is 0. The van der Waals surface area contributed by atoms with Crippen LogP contribution in [0.1, 0.15) is 0 Å². The number of nitrogen functional groups attached to an aromatic ring is 1. The fraction of sp³-hybridized carbons (Fsp3) is 0.571. The maximum atomic E-state index is 9.28. The molecule has 1 aromatic heterocycles. The number of nitrogens with zero attached hydrogens (tertiary/aromatic N) is 3. The third kappa shape index (κ3) is 1.45. The Morgan fingerprint density at radius 1 is 1.38 bits per heavy atom. The Kier molecular flexibility index (Phi) is 1.86. The smallest absolute Gasteiger partial charge is 0.152 e. The molecule has 2 rings (SSSR count). The lowest BCUT2D eigenvalue weighted by atomic mass is 10.3. The molecule has 13 heavy (non-hydrogen) atoms. The van der Waals surface area contributed by atoms with Gasteiger partial charge in [-0.15, -0.1) is 5.10 Å². The topological polar surface area (TPSA) is 87.5 Å². The van der Waals surface area contributed by atoms with Gasteiger partial charge in [0.25, 0.3) is 0 Å². The van der Waals surface area contributed by atoms with Crippen LogP contribution in [-0.4, -0.2) is 45.4 Å². The van der Waals surface area contributed by atoms with Gasteiger partial charge in [-0.2, -0.15) is 4.79 Å². The molecule has 6 heteroatoms. The minimum Gasteiger partial charge on any atom is -0.389 e. The van der Waals surface area contributed by atoms with Gasteiger partial charge in [0.05, 0.1) is 18.4 Å². The van der Waals surface area contributed by atoms with Crippen molar-refractivity contribution >= 4 is 5.82 Å². The Hall–Kier alpha value is -1.27. The molecule has 1 aliphatic heterocycles. The Bertz CT molecular complexity index is 290. The Morgan fingerprint density at radius 3 is 2.46 bits per heavy atom. The first kappa shape index (κ1) is 8.33. The van der Waals surface area contributed by atoms with Crippen LogP contribution in [-0.2, 0) is 0 Å². The van der Waals surface area contributed by atoms with E-state index in [0.717, 1.165) is 0 Å². The lowest BCUT2D eigenvalue weighted by Crippen LogP contribution is -2.22. The number of β-amino-alcohol motifs (C(OH)–C–C–N with tert-alkyl or cyclic N) is 2. The monoisotopic (exact) mass is 184 g/mol.